The third kappa shape index (κ3) is 3.72. The van der Waals surface area contributed by atoms with E-state index in [-0.39, 0.29) is 0 Å². The van der Waals surface area contributed by atoms with Crippen molar-refractivity contribution in [2.24, 2.45) is 0 Å². The first-order valence-corrected chi connectivity index (χ1v) is 7.67. The van der Waals surface area contributed by atoms with Gasteiger partial charge in [0, 0.05) is 23.3 Å². The van der Waals surface area contributed by atoms with Crippen molar-refractivity contribution in [1.29, 1.82) is 0 Å². The average Bonchev–Trinajstić information content (AvgIpc) is 2.35. The van der Waals surface area contributed by atoms with Crippen molar-refractivity contribution in [3.05, 3.63) is 29.8 Å². The minimum atomic E-state index is 0.550. The molecule has 2 nitrogen and oxygen atoms in total. The molecule has 1 aliphatic rings. The van der Waals surface area contributed by atoms with Gasteiger partial charge in [-0.1, -0.05) is 41.1 Å². The van der Waals surface area contributed by atoms with Crippen LogP contribution in [0.5, 0.6) is 5.75 Å². The largest absolute Gasteiger partial charge is 0.493 e. The molecule has 0 spiro atoms. The smallest absolute Gasteiger partial charge is 0.122 e. The number of benzene rings is 1. The fraction of sp³-hybridized carbons (Fsp3) is 0.600. The van der Waals surface area contributed by atoms with Crippen LogP contribution >= 0.6 is 15.9 Å². The van der Waals surface area contributed by atoms with Gasteiger partial charge < -0.3 is 10.1 Å². The topological polar surface area (TPSA) is 21.3 Å². The molecule has 3 heteroatoms. The van der Waals surface area contributed by atoms with Gasteiger partial charge >= 0.3 is 0 Å². The molecule has 0 amide bonds. The maximum absolute atomic E-state index is 5.69. The van der Waals surface area contributed by atoms with Gasteiger partial charge in [-0.15, -0.1) is 0 Å². The van der Waals surface area contributed by atoms with E-state index in [0.717, 1.165) is 31.7 Å². The molecule has 0 aliphatic carbocycles. The lowest BCUT2D eigenvalue weighted by molar-refractivity contribution is 0.262. The minimum Gasteiger partial charge on any atom is -0.493 e. The van der Waals surface area contributed by atoms with Crippen LogP contribution in [-0.2, 0) is 0 Å². The molecule has 0 saturated heterocycles. The summed E-state index contributed by atoms with van der Waals surface area (Å²) >= 11 is 3.61. The van der Waals surface area contributed by atoms with Crippen molar-refractivity contribution in [2.75, 3.05) is 13.2 Å². The molecule has 18 heavy (non-hydrogen) atoms. The highest BCUT2D eigenvalue weighted by Crippen LogP contribution is 2.32. The molecule has 100 valence electrons. The standard InChI is InChI=1S/C15H22BrNO/c1-11(16)9-12(2)17-10-13-7-8-18-15-6-4-3-5-14(13)15/h3-6,11-13,17H,7-10H2,1-2H3. The van der Waals surface area contributed by atoms with Gasteiger partial charge in [0.25, 0.3) is 0 Å². The molecule has 0 saturated carbocycles. The van der Waals surface area contributed by atoms with Gasteiger partial charge in [-0.05, 0) is 31.4 Å². The number of hydrogen-bond donors (Lipinski definition) is 1. The number of halogens is 1. The predicted molar refractivity (Wildman–Crippen MR) is 79.8 cm³/mol. The first-order valence-electron chi connectivity index (χ1n) is 6.76. The van der Waals surface area contributed by atoms with Gasteiger partial charge in [0.05, 0.1) is 6.61 Å². The van der Waals surface area contributed by atoms with Crippen LogP contribution in [0.3, 0.4) is 0 Å². The zero-order valence-electron chi connectivity index (χ0n) is 11.2. The fourth-order valence-corrected chi connectivity index (χ4v) is 3.10. The lowest BCUT2D eigenvalue weighted by atomic mass is 9.93. The van der Waals surface area contributed by atoms with Gasteiger partial charge in [-0.25, -0.2) is 0 Å². The molecule has 3 unspecified atom stereocenters. The second-order valence-electron chi connectivity index (χ2n) is 5.20. The Labute approximate surface area is 118 Å². The van der Waals surface area contributed by atoms with Gasteiger partial charge in [-0.3, -0.25) is 0 Å². The van der Waals surface area contributed by atoms with Crippen LogP contribution in [0.15, 0.2) is 24.3 Å². The lowest BCUT2D eigenvalue weighted by Crippen LogP contribution is -2.33. The summed E-state index contributed by atoms with van der Waals surface area (Å²) in [5.74, 6) is 1.65. The molecule has 1 aromatic carbocycles. The highest BCUT2D eigenvalue weighted by molar-refractivity contribution is 9.09. The third-order valence-corrected chi connectivity index (χ3v) is 3.85. The Morgan fingerprint density at radius 2 is 2.17 bits per heavy atom. The second kappa shape index (κ2) is 6.58. The van der Waals surface area contributed by atoms with E-state index in [4.69, 9.17) is 4.74 Å². The van der Waals surface area contributed by atoms with Crippen molar-refractivity contribution in [2.45, 2.75) is 43.5 Å². The van der Waals surface area contributed by atoms with Crippen LogP contribution in [0, 0.1) is 0 Å². The molecule has 3 atom stereocenters. The van der Waals surface area contributed by atoms with E-state index in [1.54, 1.807) is 0 Å². The van der Waals surface area contributed by atoms with Crippen molar-refractivity contribution >= 4 is 15.9 Å². The normalized spacial score (nSPS) is 21.8. The highest BCUT2D eigenvalue weighted by atomic mass is 79.9. The summed E-state index contributed by atoms with van der Waals surface area (Å²) in [6.45, 7) is 6.33. The molecule has 0 fully saturated rings. The number of para-hydroxylation sites is 1. The predicted octanol–water partition coefficient (Wildman–Crippen LogP) is 3.70. The van der Waals surface area contributed by atoms with Crippen molar-refractivity contribution in [3.63, 3.8) is 0 Å². The summed E-state index contributed by atoms with van der Waals surface area (Å²) in [5.41, 5.74) is 1.36. The average molecular weight is 312 g/mol. The van der Waals surface area contributed by atoms with Crippen LogP contribution in [0.1, 0.15) is 38.2 Å². The van der Waals surface area contributed by atoms with Gasteiger partial charge in [0.15, 0.2) is 0 Å². The maximum Gasteiger partial charge on any atom is 0.122 e. The number of nitrogens with one attached hydrogen (secondary N) is 1. The Morgan fingerprint density at radius 3 is 2.94 bits per heavy atom. The van der Waals surface area contributed by atoms with Gasteiger partial charge in [0.1, 0.15) is 5.75 Å². The number of fused-ring (bicyclic) bond motifs is 1. The number of ether oxygens (including phenoxy) is 1. The van der Waals surface area contributed by atoms with E-state index >= 15 is 0 Å². The SMILES string of the molecule is CC(Br)CC(C)NCC1CCOc2ccccc21. The van der Waals surface area contributed by atoms with Crippen molar-refractivity contribution < 1.29 is 4.74 Å². The number of rotatable bonds is 5. The Bertz CT molecular complexity index is 381. The van der Waals surface area contributed by atoms with E-state index in [1.165, 1.54) is 5.56 Å². The number of alkyl halides is 1. The molecule has 1 heterocycles. The Morgan fingerprint density at radius 1 is 1.39 bits per heavy atom. The van der Waals surface area contributed by atoms with Crippen LogP contribution in [0.4, 0.5) is 0 Å². The Kier molecular flexibility index (Phi) is 5.07. The van der Waals surface area contributed by atoms with Crippen LogP contribution in [0.2, 0.25) is 0 Å². The first kappa shape index (κ1) is 13.9. The summed E-state index contributed by atoms with van der Waals surface area (Å²) in [7, 11) is 0. The molecular formula is C15H22BrNO. The summed E-state index contributed by atoms with van der Waals surface area (Å²) < 4.78 is 5.69. The zero-order valence-corrected chi connectivity index (χ0v) is 12.7. The van der Waals surface area contributed by atoms with Gasteiger partial charge in [-0.2, -0.15) is 0 Å². The van der Waals surface area contributed by atoms with Crippen LogP contribution < -0.4 is 10.1 Å². The van der Waals surface area contributed by atoms with Gasteiger partial charge in [0.2, 0.25) is 0 Å². The maximum atomic E-state index is 5.69. The number of hydrogen-bond acceptors (Lipinski definition) is 2. The van der Waals surface area contributed by atoms with Crippen LogP contribution in [0.25, 0.3) is 0 Å². The molecule has 0 radical (unpaired) electrons. The van der Waals surface area contributed by atoms with E-state index in [1.807, 2.05) is 6.07 Å². The van der Waals surface area contributed by atoms with E-state index in [2.05, 4.69) is 53.3 Å². The first-order chi connectivity index (χ1) is 8.66. The van der Waals surface area contributed by atoms with E-state index < -0.39 is 0 Å². The van der Waals surface area contributed by atoms with Crippen molar-refractivity contribution in [1.82, 2.24) is 5.32 Å². The summed E-state index contributed by atoms with van der Waals surface area (Å²) in [6, 6.07) is 8.97. The zero-order chi connectivity index (χ0) is 13.0. The van der Waals surface area contributed by atoms with Crippen LogP contribution in [-0.4, -0.2) is 24.0 Å². The summed E-state index contributed by atoms with van der Waals surface area (Å²) in [4.78, 5) is 0.571. The summed E-state index contributed by atoms with van der Waals surface area (Å²) in [5, 5.41) is 3.64. The molecule has 1 N–H and O–H groups in total. The lowest BCUT2D eigenvalue weighted by Gasteiger charge is -2.27. The minimum absolute atomic E-state index is 0.550. The molecule has 0 aromatic heterocycles. The Balaban J connectivity index is 1.91. The molecule has 1 aromatic rings. The third-order valence-electron chi connectivity index (χ3n) is 3.47. The molecule has 2 rings (SSSR count). The Hall–Kier alpha value is -0.540. The summed E-state index contributed by atoms with van der Waals surface area (Å²) in [6.07, 6.45) is 2.27. The van der Waals surface area contributed by atoms with E-state index in [0.29, 0.717) is 16.8 Å². The molecule has 1 aliphatic heterocycles. The monoisotopic (exact) mass is 311 g/mol. The molecule has 0 bridgehead atoms. The second-order valence-corrected chi connectivity index (χ2v) is 6.76. The van der Waals surface area contributed by atoms with E-state index in [9.17, 15) is 0 Å². The highest BCUT2D eigenvalue weighted by Gasteiger charge is 2.21. The molecular weight excluding hydrogens is 290 g/mol. The van der Waals surface area contributed by atoms with Crippen molar-refractivity contribution in [3.8, 4) is 5.75 Å². The fourth-order valence-electron chi connectivity index (χ4n) is 2.54. The quantitative estimate of drug-likeness (QED) is 0.837.